The average Bonchev–Trinajstić information content (AvgIpc) is 2.92. The van der Waals surface area contributed by atoms with Crippen molar-refractivity contribution in [3.8, 4) is 0 Å². The molecule has 4 heteroatoms. The highest BCUT2D eigenvalue weighted by Crippen LogP contribution is 2.25. The van der Waals surface area contributed by atoms with Gasteiger partial charge in [0, 0.05) is 37.7 Å². The van der Waals surface area contributed by atoms with Gasteiger partial charge in [0.1, 0.15) is 5.82 Å². The fourth-order valence-electron chi connectivity index (χ4n) is 2.80. The highest BCUT2D eigenvalue weighted by Gasteiger charge is 2.18. The molecule has 1 aliphatic heterocycles. The third-order valence-corrected chi connectivity index (χ3v) is 3.89. The number of imidazole rings is 1. The first-order valence-electron chi connectivity index (χ1n) is 7.33. The number of aryl methyl sites for hydroxylation is 1. The maximum Gasteiger partial charge on any atom is 0.128 e. The van der Waals surface area contributed by atoms with Gasteiger partial charge in [-0.25, -0.2) is 4.98 Å². The number of nitrogens with one attached hydrogen (secondary N) is 1. The Hall–Kier alpha value is -1.81. The average molecular weight is 270 g/mol. The summed E-state index contributed by atoms with van der Waals surface area (Å²) < 4.78 is 2.24. The van der Waals surface area contributed by atoms with Gasteiger partial charge in [-0.15, -0.1) is 0 Å². The van der Waals surface area contributed by atoms with Crippen molar-refractivity contribution in [3.05, 3.63) is 47.5 Å². The Morgan fingerprint density at radius 2 is 2.20 bits per heavy atom. The molecule has 106 valence electrons. The highest BCUT2D eigenvalue weighted by molar-refractivity contribution is 5.55. The number of hydrogen-bond acceptors (Lipinski definition) is 3. The van der Waals surface area contributed by atoms with Gasteiger partial charge in [0.05, 0.1) is 6.54 Å². The second-order valence-electron chi connectivity index (χ2n) is 5.37. The van der Waals surface area contributed by atoms with E-state index >= 15 is 0 Å². The number of aromatic nitrogens is 2. The number of nitrogens with zero attached hydrogens (tertiary/aromatic N) is 3. The number of anilines is 1. The molecule has 4 nitrogen and oxygen atoms in total. The molecular weight excluding hydrogens is 248 g/mol. The summed E-state index contributed by atoms with van der Waals surface area (Å²) in [5.41, 5.74) is 4.04. The molecule has 3 rings (SSSR count). The van der Waals surface area contributed by atoms with Crippen molar-refractivity contribution in [2.24, 2.45) is 0 Å². The molecule has 0 fully saturated rings. The zero-order valence-corrected chi connectivity index (χ0v) is 12.3. The van der Waals surface area contributed by atoms with E-state index in [0.717, 1.165) is 38.5 Å². The molecule has 2 heterocycles. The molecule has 0 atom stereocenters. The van der Waals surface area contributed by atoms with Crippen molar-refractivity contribution in [1.29, 1.82) is 0 Å². The summed E-state index contributed by atoms with van der Waals surface area (Å²) in [4.78, 5) is 6.89. The summed E-state index contributed by atoms with van der Waals surface area (Å²) in [5.74, 6) is 1.16. The van der Waals surface area contributed by atoms with Crippen LogP contribution in [0.2, 0.25) is 0 Å². The molecule has 0 unspecified atom stereocenters. The van der Waals surface area contributed by atoms with E-state index in [1.807, 2.05) is 6.20 Å². The molecule has 0 spiro atoms. The van der Waals surface area contributed by atoms with Crippen LogP contribution >= 0.6 is 0 Å². The van der Waals surface area contributed by atoms with Crippen LogP contribution in [0.1, 0.15) is 23.9 Å². The van der Waals surface area contributed by atoms with Gasteiger partial charge in [-0.2, -0.15) is 0 Å². The Labute approximate surface area is 120 Å². The van der Waals surface area contributed by atoms with Crippen LogP contribution in [0, 0.1) is 6.92 Å². The highest BCUT2D eigenvalue weighted by atomic mass is 15.2. The monoisotopic (exact) mass is 270 g/mol. The quantitative estimate of drug-likeness (QED) is 0.925. The van der Waals surface area contributed by atoms with Crippen molar-refractivity contribution in [2.45, 2.75) is 33.5 Å². The van der Waals surface area contributed by atoms with Crippen LogP contribution < -0.4 is 10.2 Å². The standard InChI is InChI=1S/C16H22N4/c1-3-17-11-14-10-13(2)4-5-15(14)20-9-8-19-7-6-18-16(19)12-20/h4-7,10,17H,3,8-9,11-12H2,1-2H3. The van der Waals surface area contributed by atoms with E-state index in [9.17, 15) is 0 Å². The number of hydrogen-bond donors (Lipinski definition) is 1. The van der Waals surface area contributed by atoms with Gasteiger partial charge in [-0.1, -0.05) is 24.6 Å². The third kappa shape index (κ3) is 2.56. The second kappa shape index (κ2) is 5.67. The predicted octanol–water partition coefficient (Wildman–Crippen LogP) is 2.32. The minimum absolute atomic E-state index is 0.898. The Balaban J connectivity index is 1.86. The van der Waals surface area contributed by atoms with E-state index in [1.54, 1.807) is 0 Å². The molecule has 1 N–H and O–H groups in total. The first-order chi connectivity index (χ1) is 9.78. The molecule has 0 saturated heterocycles. The summed E-state index contributed by atoms with van der Waals surface area (Å²) in [6.45, 7) is 9.19. The Morgan fingerprint density at radius 3 is 3.05 bits per heavy atom. The number of benzene rings is 1. The molecule has 0 aliphatic carbocycles. The third-order valence-electron chi connectivity index (χ3n) is 3.89. The number of rotatable bonds is 4. The normalized spacial score (nSPS) is 14.4. The molecule has 0 bridgehead atoms. The van der Waals surface area contributed by atoms with Gasteiger partial charge in [-0.3, -0.25) is 0 Å². The lowest BCUT2D eigenvalue weighted by Crippen LogP contribution is -2.34. The molecule has 1 aliphatic rings. The van der Waals surface area contributed by atoms with Gasteiger partial charge in [-0.05, 0) is 25.1 Å². The van der Waals surface area contributed by atoms with Gasteiger partial charge in [0.2, 0.25) is 0 Å². The van der Waals surface area contributed by atoms with Crippen molar-refractivity contribution in [3.63, 3.8) is 0 Å². The fourth-order valence-corrected chi connectivity index (χ4v) is 2.80. The molecule has 20 heavy (non-hydrogen) atoms. The van der Waals surface area contributed by atoms with Gasteiger partial charge in [0.25, 0.3) is 0 Å². The van der Waals surface area contributed by atoms with Crippen molar-refractivity contribution in [1.82, 2.24) is 14.9 Å². The zero-order chi connectivity index (χ0) is 13.9. The zero-order valence-electron chi connectivity index (χ0n) is 12.3. The van der Waals surface area contributed by atoms with Gasteiger partial charge < -0.3 is 14.8 Å². The first-order valence-corrected chi connectivity index (χ1v) is 7.33. The summed E-state index contributed by atoms with van der Waals surface area (Å²) >= 11 is 0. The van der Waals surface area contributed by atoms with Crippen molar-refractivity contribution in [2.75, 3.05) is 18.0 Å². The topological polar surface area (TPSA) is 33.1 Å². The SMILES string of the molecule is CCNCc1cc(C)ccc1N1CCn2ccnc2C1. The lowest BCUT2D eigenvalue weighted by Gasteiger charge is -2.31. The van der Waals surface area contributed by atoms with Crippen LogP contribution in [0.4, 0.5) is 5.69 Å². The Morgan fingerprint density at radius 1 is 1.30 bits per heavy atom. The molecule has 0 amide bonds. The van der Waals surface area contributed by atoms with E-state index in [0.29, 0.717) is 0 Å². The van der Waals surface area contributed by atoms with Crippen LogP contribution in [0.15, 0.2) is 30.6 Å². The number of fused-ring (bicyclic) bond motifs is 1. The summed E-state index contributed by atoms with van der Waals surface area (Å²) in [6, 6.07) is 6.74. The van der Waals surface area contributed by atoms with Crippen LogP contribution in [0.3, 0.4) is 0 Å². The van der Waals surface area contributed by atoms with E-state index in [1.165, 1.54) is 16.8 Å². The summed E-state index contributed by atoms with van der Waals surface area (Å²) in [6.07, 6.45) is 3.97. The molecule has 2 aromatic rings. The second-order valence-corrected chi connectivity index (χ2v) is 5.37. The van der Waals surface area contributed by atoms with Gasteiger partial charge >= 0.3 is 0 Å². The van der Waals surface area contributed by atoms with E-state index in [-0.39, 0.29) is 0 Å². The lowest BCUT2D eigenvalue weighted by atomic mass is 10.1. The first kappa shape index (κ1) is 13.2. The Bertz CT molecular complexity index is 588. The van der Waals surface area contributed by atoms with Crippen LogP contribution in [0.5, 0.6) is 0 Å². The Kier molecular flexibility index (Phi) is 3.74. The summed E-state index contributed by atoms with van der Waals surface area (Å²) in [5, 5.41) is 3.44. The molecule has 1 aromatic carbocycles. The van der Waals surface area contributed by atoms with Crippen molar-refractivity contribution >= 4 is 5.69 Å². The van der Waals surface area contributed by atoms with Crippen LogP contribution in [0.25, 0.3) is 0 Å². The maximum atomic E-state index is 4.45. The molecule has 0 saturated carbocycles. The molecule has 1 aromatic heterocycles. The fraction of sp³-hybridized carbons (Fsp3) is 0.438. The van der Waals surface area contributed by atoms with Gasteiger partial charge in [0.15, 0.2) is 0 Å². The van der Waals surface area contributed by atoms with Crippen LogP contribution in [-0.2, 0) is 19.6 Å². The smallest absolute Gasteiger partial charge is 0.128 e. The molecule has 0 radical (unpaired) electrons. The largest absolute Gasteiger partial charge is 0.362 e. The minimum Gasteiger partial charge on any atom is -0.362 e. The lowest BCUT2D eigenvalue weighted by molar-refractivity contribution is 0.557. The van der Waals surface area contributed by atoms with E-state index in [2.05, 4.69) is 58.0 Å². The van der Waals surface area contributed by atoms with Crippen molar-refractivity contribution < 1.29 is 0 Å². The molecular formula is C16H22N4. The predicted molar refractivity (Wildman–Crippen MR) is 81.8 cm³/mol. The minimum atomic E-state index is 0.898. The van der Waals surface area contributed by atoms with Crippen LogP contribution in [-0.4, -0.2) is 22.6 Å². The summed E-state index contributed by atoms with van der Waals surface area (Å²) in [7, 11) is 0. The van der Waals surface area contributed by atoms with E-state index < -0.39 is 0 Å². The van der Waals surface area contributed by atoms with E-state index in [4.69, 9.17) is 0 Å². The maximum absolute atomic E-state index is 4.45.